The topological polar surface area (TPSA) is 224 Å². The molecular weight excluding hydrogens is 522 g/mol. The highest BCUT2D eigenvalue weighted by Gasteiger charge is 2.31. The van der Waals surface area contributed by atoms with E-state index in [0.29, 0.717) is 11.1 Å². The number of aromatic hydroxyl groups is 1. The molecule has 0 bridgehead atoms. The molecule has 0 radical (unpaired) electrons. The zero-order valence-corrected chi connectivity index (χ0v) is 21.6. The Morgan fingerprint density at radius 3 is 2.05 bits per heavy atom. The average Bonchev–Trinajstić information content (AvgIpc) is 3.31. The van der Waals surface area contributed by atoms with Crippen molar-refractivity contribution in [1.29, 1.82) is 0 Å². The molecule has 3 amide bonds. The number of amides is 3. The lowest BCUT2D eigenvalue weighted by Crippen LogP contribution is -2.58. The van der Waals surface area contributed by atoms with Crippen molar-refractivity contribution in [3.8, 4) is 5.75 Å². The molecule has 212 valence electrons. The minimum atomic E-state index is -1.55. The van der Waals surface area contributed by atoms with Crippen LogP contribution in [0.4, 0.5) is 0 Å². The fourth-order valence-electron chi connectivity index (χ4n) is 4.03. The number of carboxylic acids is 2. The van der Waals surface area contributed by atoms with Gasteiger partial charge in [-0.05, 0) is 36.2 Å². The summed E-state index contributed by atoms with van der Waals surface area (Å²) < 4.78 is 0. The van der Waals surface area contributed by atoms with Crippen molar-refractivity contribution in [2.24, 2.45) is 5.73 Å². The Morgan fingerprint density at radius 2 is 1.43 bits per heavy atom. The van der Waals surface area contributed by atoms with E-state index in [0.717, 1.165) is 10.9 Å². The van der Waals surface area contributed by atoms with Crippen LogP contribution >= 0.6 is 0 Å². The van der Waals surface area contributed by atoms with Gasteiger partial charge < -0.3 is 42.0 Å². The number of phenolic OH excluding ortho intramolecular Hbond substituents is 1. The van der Waals surface area contributed by atoms with Gasteiger partial charge in [-0.1, -0.05) is 30.3 Å². The van der Waals surface area contributed by atoms with E-state index in [4.69, 9.17) is 5.73 Å². The maximum Gasteiger partial charge on any atom is 0.326 e. The van der Waals surface area contributed by atoms with E-state index >= 15 is 0 Å². The molecule has 0 aliphatic carbocycles. The van der Waals surface area contributed by atoms with Crippen molar-refractivity contribution in [3.05, 3.63) is 65.9 Å². The molecule has 4 atom stereocenters. The predicted octanol–water partition coefficient (Wildman–Crippen LogP) is 0.0196. The van der Waals surface area contributed by atoms with Crippen LogP contribution in [0.2, 0.25) is 0 Å². The number of aromatic amines is 1. The Balaban J connectivity index is 1.84. The summed E-state index contributed by atoms with van der Waals surface area (Å²) in [6.45, 7) is 1.35. The summed E-state index contributed by atoms with van der Waals surface area (Å²) in [6.07, 6.45) is 0.686. The second-order valence-electron chi connectivity index (χ2n) is 9.34. The molecule has 0 fully saturated rings. The zero-order chi connectivity index (χ0) is 29.4. The third-order valence-electron chi connectivity index (χ3n) is 6.15. The number of aromatic nitrogens is 1. The normalized spacial score (nSPS) is 13.9. The molecule has 40 heavy (non-hydrogen) atoms. The van der Waals surface area contributed by atoms with Crippen molar-refractivity contribution in [1.82, 2.24) is 20.9 Å². The number of H-pyrrole nitrogens is 1. The van der Waals surface area contributed by atoms with Crippen LogP contribution in [0.3, 0.4) is 0 Å². The van der Waals surface area contributed by atoms with Crippen LogP contribution in [-0.4, -0.2) is 74.1 Å². The highest BCUT2D eigenvalue weighted by molar-refractivity contribution is 5.96. The largest absolute Gasteiger partial charge is 0.508 e. The Kier molecular flexibility index (Phi) is 9.81. The number of phenols is 1. The quantitative estimate of drug-likeness (QED) is 0.143. The van der Waals surface area contributed by atoms with Gasteiger partial charge in [-0.2, -0.15) is 0 Å². The molecule has 3 aromatic rings. The Bertz CT molecular complexity index is 1390. The maximum absolute atomic E-state index is 13.4. The Morgan fingerprint density at radius 1 is 0.825 bits per heavy atom. The number of carbonyl (C=O) groups excluding carboxylic acids is 3. The number of carbonyl (C=O) groups is 5. The third kappa shape index (κ3) is 8.04. The molecule has 2 aromatic carbocycles. The van der Waals surface area contributed by atoms with E-state index in [9.17, 15) is 39.3 Å². The number of hydrogen-bond donors (Lipinski definition) is 8. The van der Waals surface area contributed by atoms with Crippen molar-refractivity contribution in [3.63, 3.8) is 0 Å². The number of benzene rings is 2. The molecule has 0 spiro atoms. The van der Waals surface area contributed by atoms with E-state index < -0.39 is 60.2 Å². The number of hydrogen-bond acceptors (Lipinski definition) is 7. The first-order chi connectivity index (χ1) is 18.9. The van der Waals surface area contributed by atoms with Gasteiger partial charge in [-0.25, -0.2) is 4.79 Å². The van der Waals surface area contributed by atoms with Gasteiger partial charge in [0, 0.05) is 29.9 Å². The SMILES string of the molecule is CC(N)C(=O)NC(CC(=O)O)C(=O)NC(Cc1ccc(O)cc1)C(=O)NC(Cc1c[nH]c2ccccc12)C(=O)O. The molecule has 13 nitrogen and oxygen atoms in total. The van der Waals surface area contributed by atoms with E-state index in [1.165, 1.54) is 31.2 Å². The molecule has 1 heterocycles. The number of nitrogens with two attached hydrogens (primary N) is 1. The van der Waals surface area contributed by atoms with Gasteiger partial charge in [0.15, 0.2) is 0 Å². The van der Waals surface area contributed by atoms with Crippen LogP contribution in [0.5, 0.6) is 5.75 Å². The van der Waals surface area contributed by atoms with E-state index in [1.807, 2.05) is 18.2 Å². The van der Waals surface area contributed by atoms with Crippen LogP contribution in [0, 0.1) is 0 Å². The smallest absolute Gasteiger partial charge is 0.326 e. The van der Waals surface area contributed by atoms with Crippen molar-refractivity contribution < 1.29 is 39.3 Å². The zero-order valence-electron chi connectivity index (χ0n) is 21.6. The Hall–Kier alpha value is -4.91. The minimum absolute atomic E-state index is 0.0291. The van der Waals surface area contributed by atoms with Gasteiger partial charge in [0.05, 0.1) is 12.5 Å². The molecule has 0 saturated heterocycles. The van der Waals surface area contributed by atoms with Gasteiger partial charge in [0.2, 0.25) is 17.7 Å². The fourth-order valence-corrected chi connectivity index (χ4v) is 4.03. The van der Waals surface area contributed by atoms with Crippen LogP contribution in [-0.2, 0) is 36.8 Å². The lowest BCUT2D eigenvalue weighted by molar-refractivity contribution is -0.143. The Labute approximate surface area is 228 Å². The molecule has 9 N–H and O–H groups in total. The summed E-state index contributed by atoms with van der Waals surface area (Å²) >= 11 is 0. The maximum atomic E-state index is 13.4. The summed E-state index contributed by atoms with van der Waals surface area (Å²) in [6, 6.07) is 7.74. The highest BCUT2D eigenvalue weighted by Crippen LogP contribution is 2.19. The van der Waals surface area contributed by atoms with Crippen molar-refractivity contribution in [2.75, 3.05) is 0 Å². The van der Waals surface area contributed by atoms with Crippen LogP contribution in [0.25, 0.3) is 10.9 Å². The lowest BCUT2D eigenvalue weighted by Gasteiger charge is -2.24. The summed E-state index contributed by atoms with van der Waals surface area (Å²) in [5.74, 6) is -5.31. The van der Waals surface area contributed by atoms with Gasteiger partial charge in [0.1, 0.15) is 23.9 Å². The summed E-state index contributed by atoms with van der Waals surface area (Å²) in [5.41, 5.74) is 7.48. The van der Waals surface area contributed by atoms with Gasteiger partial charge in [-0.3, -0.25) is 19.2 Å². The number of carboxylic acid groups (broad SMARTS) is 2. The average molecular weight is 554 g/mol. The monoisotopic (exact) mass is 553 g/mol. The van der Waals surface area contributed by atoms with Crippen molar-refractivity contribution in [2.45, 2.75) is 50.4 Å². The highest BCUT2D eigenvalue weighted by atomic mass is 16.4. The summed E-state index contributed by atoms with van der Waals surface area (Å²) in [7, 11) is 0. The number of nitrogens with one attached hydrogen (secondary N) is 4. The van der Waals surface area contributed by atoms with Crippen molar-refractivity contribution >= 4 is 40.6 Å². The number of para-hydroxylation sites is 1. The summed E-state index contributed by atoms with van der Waals surface area (Å²) in [4.78, 5) is 65.0. The number of fused-ring (bicyclic) bond motifs is 1. The molecule has 0 aliphatic rings. The first kappa shape index (κ1) is 29.6. The lowest BCUT2D eigenvalue weighted by atomic mass is 10.0. The third-order valence-corrected chi connectivity index (χ3v) is 6.15. The molecule has 1 aromatic heterocycles. The first-order valence-electron chi connectivity index (χ1n) is 12.4. The predicted molar refractivity (Wildman–Crippen MR) is 143 cm³/mol. The van der Waals surface area contributed by atoms with E-state index in [1.54, 1.807) is 12.3 Å². The molecule has 4 unspecified atom stereocenters. The van der Waals surface area contributed by atoms with Gasteiger partial charge in [0.25, 0.3) is 0 Å². The van der Waals surface area contributed by atoms with Crippen LogP contribution in [0.15, 0.2) is 54.7 Å². The summed E-state index contributed by atoms with van der Waals surface area (Å²) in [5, 5.41) is 36.6. The molecular formula is C27H31N5O8. The molecule has 0 aliphatic heterocycles. The molecule has 3 rings (SSSR count). The molecule has 0 saturated carbocycles. The van der Waals surface area contributed by atoms with Gasteiger partial charge >= 0.3 is 11.9 Å². The second kappa shape index (κ2) is 13.2. The van der Waals surface area contributed by atoms with E-state index in [2.05, 4.69) is 20.9 Å². The molecule has 13 heteroatoms. The number of rotatable bonds is 13. The van der Waals surface area contributed by atoms with Crippen LogP contribution < -0.4 is 21.7 Å². The fraction of sp³-hybridized carbons (Fsp3) is 0.296. The van der Waals surface area contributed by atoms with E-state index in [-0.39, 0.29) is 18.6 Å². The second-order valence-corrected chi connectivity index (χ2v) is 9.34. The minimum Gasteiger partial charge on any atom is -0.508 e. The number of aliphatic carboxylic acids is 2. The van der Waals surface area contributed by atoms with Crippen LogP contribution in [0.1, 0.15) is 24.5 Å². The first-order valence-corrected chi connectivity index (χ1v) is 12.4. The van der Waals surface area contributed by atoms with Gasteiger partial charge in [-0.15, -0.1) is 0 Å². The standard InChI is InChI=1S/C27H31N5O8/c1-14(28)24(36)30-21(12-23(34)35)26(38)31-20(10-15-6-8-17(33)9-7-15)25(37)32-22(27(39)40)11-16-13-29-19-5-3-2-4-18(16)19/h2-9,13-14,20-22,29,33H,10-12,28H2,1H3,(H,30,36)(H,31,38)(H,32,37)(H,34,35)(H,39,40).